The number of hydrogen-bond acceptors (Lipinski definition) is 5. The molecule has 3 aromatic rings. The third-order valence-corrected chi connectivity index (χ3v) is 5.11. The third kappa shape index (κ3) is 5.41. The number of aryl methyl sites for hydroxylation is 1. The monoisotopic (exact) mass is 414 g/mol. The molecule has 0 fully saturated rings. The van der Waals surface area contributed by atoms with Crippen LogP contribution in [0.2, 0.25) is 5.02 Å². The molecule has 0 aliphatic heterocycles. The van der Waals surface area contributed by atoms with E-state index in [0.717, 1.165) is 16.1 Å². The fourth-order valence-electron chi connectivity index (χ4n) is 2.64. The summed E-state index contributed by atoms with van der Waals surface area (Å²) >= 11 is 7.19. The third-order valence-electron chi connectivity index (χ3n) is 3.93. The van der Waals surface area contributed by atoms with Crippen molar-refractivity contribution in [3.63, 3.8) is 0 Å². The van der Waals surface area contributed by atoms with E-state index in [2.05, 4.69) is 10.3 Å². The molecule has 0 aliphatic rings. The van der Waals surface area contributed by atoms with Crippen molar-refractivity contribution in [3.8, 4) is 11.3 Å². The molecule has 0 saturated carbocycles. The standard InChI is InChI=1S/C21H19ClN2O3S/c1-14-24-19(16-7-3-2-4-8-16)20(28-14)21(26)27-13-18(25)23-11-10-15-6-5-9-17(22)12-15/h2-9,12H,10-11,13H2,1H3,(H,23,25). The van der Waals surface area contributed by atoms with E-state index in [1.54, 1.807) is 6.07 Å². The molecule has 0 bridgehead atoms. The summed E-state index contributed by atoms with van der Waals surface area (Å²) in [7, 11) is 0. The predicted molar refractivity (Wildman–Crippen MR) is 111 cm³/mol. The number of rotatable bonds is 7. The molecule has 7 heteroatoms. The van der Waals surface area contributed by atoms with Crippen molar-refractivity contribution >= 4 is 34.8 Å². The first-order valence-corrected chi connectivity index (χ1v) is 9.93. The lowest BCUT2D eigenvalue weighted by molar-refractivity contribution is -0.124. The van der Waals surface area contributed by atoms with E-state index in [4.69, 9.17) is 16.3 Å². The summed E-state index contributed by atoms with van der Waals surface area (Å²) < 4.78 is 5.19. The topological polar surface area (TPSA) is 68.3 Å². The lowest BCUT2D eigenvalue weighted by Crippen LogP contribution is -2.30. The molecule has 0 aliphatic carbocycles. The van der Waals surface area contributed by atoms with Gasteiger partial charge in [0.25, 0.3) is 5.91 Å². The number of carbonyl (C=O) groups is 2. The van der Waals surface area contributed by atoms with Crippen LogP contribution in [0.4, 0.5) is 0 Å². The number of carbonyl (C=O) groups excluding carboxylic acids is 2. The van der Waals surface area contributed by atoms with Crippen LogP contribution < -0.4 is 5.32 Å². The number of nitrogens with one attached hydrogen (secondary N) is 1. The van der Waals surface area contributed by atoms with Gasteiger partial charge in [-0.3, -0.25) is 4.79 Å². The van der Waals surface area contributed by atoms with Crippen LogP contribution in [0.1, 0.15) is 20.2 Å². The normalized spacial score (nSPS) is 10.5. The summed E-state index contributed by atoms with van der Waals surface area (Å²) in [5.74, 6) is -0.896. The number of amides is 1. The van der Waals surface area contributed by atoms with Gasteiger partial charge < -0.3 is 10.1 Å². The molecule has 1 amide bonds. The van der Waals surface area contributed by atoms with Gasteiger partial charge in [0.1, 0.15) is 4.88 Å². The van der Waals surface area contributed by atoms with E-state index >= 15 is 0 Å². The van der Waals surface area contributed by atoms with Crippen molar-refractivity contribution in [2.75, 3.05) is 13.2 Å². The maximum absolute atomic E-state index is 12.4. The first-order chi connectivity index (χ1) is 13.5. The molecule has 0 saturated heterocycles. The summed E-state index contributed by atoms with van der Waals surface area (Å²) in [6, 6.07) is 16.9. The Morgan fingerprint density at radius 1 is 1.14 bits per heavy atom. The van der Waals surface area contributed by atoms with Gasteiger partial charge in [0.2, 0.25) is 0 Å². The minimum Gasteiger partial charge on any atom is -0.451 e. The summed E-state index contributed by atoms with van der Waals surface area (Å²) in [6.07, 6.45) is 0.645. The van der Waals surface area contributed by atoms with Gasteiger partial charge >= 0.3 is 5.97 Å². The zero-order valence-corrected chi connectivity index (χ0v) is 16.8. The lowest BCUT2D eigenvalue weighted by atomic mass is 10.1. The van der Waals surface area contributed by atoms with Crippen molar-refractivity contribution in [2.24, 2.45) is 0 Å². The van der Waals surface area contributed by atoms with Gasteiger partial charge in [-0.2, -0.15) is 0 Å². The molecule has 0 atom stereocenters. The zero-order valence-electron chi connectivity index (χ0n) is 15.3. The maximum Gasteiger partial charge on any atom is 0.351 e. The average Bonchev–Trinajstić information content (AvgIpc) is 3.09. The highest BCUT2D eigenvalue weighted by atomic mass is 35.5. The van der Waals surface area contributed by atoms with Gasteiger partial charge in [-0.1, -0.05) is 54.1 Å². The summed E-state index contributed by atoms with van der Waals surface area (Å²) in [6.45, 7) is 1.93. The van der Waals surface area contributed by atoms with Gasteiger partial charge in [-0.05, 0) is 31.0 Å². The van der Waals surface area contributed by atoms with Crippen LogP contribution in [0.3, 0.4) is 0 Å². The summed E-state index contributed by atoms with van der Waals surface area (Å²) in [5, 5.41) is 4.16. The van der Waals surface area contributed by atoms with Crippen molar-refractivity contribution < 1.29 is 14.3 Å². The molecular formula is C21H19ClN2O3S. The van der Waals surface area contributed by atoms with Gasteiger partial charge in [0.15, 0.2) is 6.61 Å². The van der Waals surface area contributed by atoms with Crippen LogP contribution in [0, 0.1) is 6.92 Å². The molecule has 0 radical (unpaired) electrons. The van der Waals surface area contributed by atoms with Crippen molar-refractivity contribution in [1.29, 1.82) is 0 Å². The Morgan fingerprint density at radius 2 is 1.93 bits per heavy atom. The van der Waals surface area contributed by atoms with E-state index in [0.29, 0.717) is 28.6 Å². The van der Waals surface area contributed by atoms with E-state index in [1.807, 2.05) is 55.5 Å². The highest BCUT2D eigenvalue weighted by Gasteiger charge is 2.20. The molecule has 0 spiro atoms. The summed E-state index contributed by atoms with van der Waals surface area (Å²) in [4.78, 5) is 29.2. The van der Waals surface area contributed by atoms with Crippen LogP contribution in [0.25, 0.3) is 11.3 Å². The lowest BCUT2D eigenvalue weighted by Gasteiger charge is -2.07. The second-order valence-corrected chi connectivity index (χ2v) is 7.72. The Hall–Kier alpha value is -2.70. The molecule has 144 valence electrons. The molecule has 28 heavy (non-hydrogen) atoms. The van der Waals surface area contributed by atoms with Crippen LogP contribution in [0.15, 0.2) is 54.6 Å². The largest absolute Gasteiger partial charge is 0.451 e. The molecule has 1 aromatic heterocycles. The number of thiazole rings is 1. The van der Waals surface area contributed by atoms with Crippen molar-refractivity contribution in [2.45, 2.75) is 13.3 Å². The van der Waals surface area contributed by atoms with E-state index < -0.39 is 5.97 Å². The number of aromatic nitrogens is 1. The van der Waals surface area contributed by atoms with Crippen LogP contribution in [0.5, 0.6) is 0 Å². The van der Waals surface area contributed by atoms with E-state index in [-0.39, 0.29) is 12.5 Å². The first kappa shape index (κ1) is 20.0. The molecule has 3 rings (SSSR count). The molecular weight excluding hydrogens is 396 g/mol. The number of hydrogen-bond donors (Lipinski definition) is 1. The zero-order chi connectivity index (χ0) is 19.9. The fraction of sp³-hybridized carbons (Fsp3) is 0.190. The van der Waals surface area contributed by atoms with Gasteiger partial charge in [-0.15, -0.1) is 11.3 Å². The number of nitrogens with zero attached hydrogens (tertiary/aromatic N) is 1. The fourth-order valence-corrected chi connectivity index (χ4v) is 3.69. The minimum absolute atomic E-state index is 0.334. The highest BCUT2D eigenvalue weighted by molar-refractivity contribution is 7.14. The molecule has 2 aromatic carbocycles. The molecule has 5 nitrogen and oxygen atoms in total. The smallest absolute Gasteiger partial charge is 0.351 e. The van der Waals surface area contributed by atoms with Crippen LogP contribution in [-0.4, -0.2) is 30.0 Å². The summed E-state index contributed by atoms with van der Waals surface area (Å²) in [5.41, 5.74) is 2.44. The average molecular weight is 415 g/mol. The van der Waals surface area contributed by atoms with Crippen LogP contribution >= 0.6 is 22.9 Å². The van der Waals surface area contributed by atoms with Crippen molar-refractivity contribution in [3.05, 3.63) is 75.1 Å². The Kier molecular flexibility index (Phi) is 6.79. The number of benzene rings is 2. The van der Waals surface area contributed by atoms with E-state index in [9.17, 15) is 9.59 Å². The number of ether oxygens (including phenoxy) is 1. The second-order valence-electron chi connectivity index (χ2n) is 6.08. The minimum atomic E-state index is -0.547. The Morgan fingerprint density at radius 3 is 2.68 bits per heavy atom. The van der Waals surface area contributed by atoms with Crippen molar-refractivity contribution in [1.82, 2.24) is 10.3 Å². The van der Waals surface area contributed by atoms with Gasteiger partial charge in [0.05, 0.1) is 10.7 Å². The van der Waals surface area contributed by atoms with E-state index in [1.165, 1.54) is 11.3 Å². The quantitative estimate of drug-likeness (QED) is 0.585. The van der Waals surface area contributed by atoms with Gasteiger partial charge in [0, 0.05) is 17.1 Å². The molecule has 1 heterocycles. The number of esters is 1. The second kappa shape index (κ2) is 9.48. The first-order valence-electron chi connectivity index (χ1n) is 8.74. The predicted octanol–water partition coefficient (Wildman–Crippen LogP) is 4.29. The Balaban J connectivity index is 1.52. The number of halogens is 1. The Bertz CT molecular complexity index is 973. The maximum atomic E-state index is 12.4. The molecule has 1 N–H and O–H groups in total. The SMILES string of the molecule is Cc1nc(-c2ccccc2)c(C(=O)OCC(=O)NCCc2cccc(Cl)c2)s1. The highest BCUT2D eigenvalue weighted by Crippen LogP contribution is 2.28. The van der Waals surface area contributed by atoms with Crippen LogP contribution in [-0.2, 0) is 16.0 Å². The van der Waals surface area contributed by atoms with Gasteiger partial charge in [-0.25, -0.2) is 9.78 Å². The Labute approximate surface area is 172 Å². The molecule has 0 unspecified atom stereocenters.